The predicted molar refractivity (Wildman–Crippen MR) is 140 cm³/mol. The SMILES string of the molecule is CCN1/C(=C\C=C\c2oc3ccccc3[n+]2CC)N(CCC(C)S(=O)(=O)[O-])c2cc(Cl)c(Cl)cc21. The van der Waals surface area contributed by atoms with Gasteiger partial charge in [0.25, 0.3) is 5.52 Å². The molecule has 2 aromatic carbocycles. The number of halogens is 2. The zero-order valence-corrected chi connectivity index (χ0v) is 22.1. The second-order valence-electron chi connectivity index (χ2n) is 8.28. The molecule has 0 saturated carbocycles. The number of fused-ring (bicyclic) bond motifs is 2. The molecule has 10 heteroatoms. The van der Waals surface area contributed by atoms with E-state index in [1.54, 1.807) is 12.1 Å². The van der Waals surface area contributed by atoms with E-state index in [2.05, 4.69) is 16.4 Å². The first-order valence-corrected chi connectivity index (χ1v) is 13.7. The fourth-order valence-corrected chi connectivity index (χ4v) is 4.98. The van der Waals surface area contributed by atoms with E-state index in [9.17, 15) is 13.0 Å². The van der Waals surface area contributed by atoms with Gasteiger partial charge in [-0.3, -0.25) is 0 Å². The zero-order chi connectivity index (χ0) is 25.3. The summed E-state index contributed by atoms with van der Waals surface area (Å²) in [5.74, 6) is 1.54. The third-order valence-electron chi connectivity index (χ3n) is 6.16. The monoisotopic (exact) mass is 535 g/mol. The van der Waals surface area contributed by atoms with E-state index in [1.165, 1.54) is 6.92 Å². The summed E-state index contributed by atoms with van der Waals surface area (Å²) in [5.41, 5.74) is 3.50. The van der Waals surface area contributed by atoms with Crippen LogP contribution in [0.4, 0.5) is 11.4 Å². The van der Waals surface area contributed by atoms with Crippen LogP contribution in [-0.4, -0.2) is 31.3 Å². The van der Waals surface area contributed by atoms with Crippen molar-refractivity contribution in [1.29, 1.82) is 0 Å². The standard InChI is InChI=1S/C25H27Cl2N3O4S/c1-4-28-21-15-18(26)19(27)16-22(21)30(14-13-17(3)35(31,32)33)24(28)11-8-12-25-29(5-2)20-9-6-7-10-23(20)34-25/h6-12,15-17H,4-5,13-14H2,1-3H3. The van der Waals surface area contributed by atoms with Gasteiger partial charge < -0.3 is 18.8 Å². The molecule has 0 saturated heterocycles. The van der Waals surface area contributed by atoms with E-state index in [0.29, 0.717) is 29.0 Å². The summed E-state index contributed by atoms with van der Waals surface area (Å²) >= 11 is 12.6. The first kappa shape index (κ1) is 25.6. The first-order chi connectivity index (χ1) is 16.7. The van der Waals surface area contributed by atoms with Gasteiger partial charge in [0.1, 0.15) is 12.4 Å². The van der Waals surface area contributed by atoms with Crippen molar-refractivity contribution in [1.82, 2.24) is 0 Å². The third kappa shape index (κ3) is 5.07. The molecule has 0 spiro atoms. The van der Waals surface area contributed by atoms with Gasteiger partial charge in [-0.2, -0.15) is 4.57 Å². The van der Waals surface area contributed by atoms with E-state index >= 15 is 0 Å². The maximum Gasteiger partial charge on any atom is 0.374 e. The van der Waals surface area contributed by atoms with Gasteiger partial charge in [0.15, 0.2) is 0 Å². The van der Waals surface area contributed by atoms with Crippen LogP contribution in [0.15, 0.2) is 58.8 Å². The minimum atomic E-state index is -4.38. The normalized spacial score (nSPS) is 16.1. The Morgan fingerprint density at radius 3 is 2.40 bits per heavy atom. The lowest BCUT2D eigenvalue weighted by Gasteiger charge is -2.26. The molecule has 4 rings (SSSR count). The average Bonchev–Trinajstić information content (AvgIpc) is 3.31. The summed E-state index contributed by atoms with van der Waals surface area (Å²) in [5, 5.41) is -0.179. The number of hydrogen-bond donors (Lipinski definition) is 0. The van der Waals surface area contributed by atoms with E-state index in [0.717, 1.165) is 34.8 Å². The van der Waals surface area contributed by atoms with Crippen molar-refractivity contribution in [2.75, 3.05) is 22.9 Å². The summed E-state index contributed by atoms with van der Waals surface area (Å²) in [7, 11) is -4.38. The Balaban J connectivity index is 1.72. The van der Waals surface area contributed by atoms with Crippen LogP contribution in [0.2, 0.25) is 10.0 Å². The van der Waals surface area contributed by atoms with Crippen LogP contribution in [0.25, 0.3) is 17.2 Å². The molecule has 0 N–H and O–H groups in total. The van der Waals surface area contributed by atoms with Gasteiger partial charge in [0.05, 0.1) is 37.6 Å². The van der Waals surface area contributed by atoms with Crippen molar-refractivity contribution < 1.29 is 22.0 Å². The lowest BCUT2D eigenvalue weighted by molar-refractivity contribution is -0.674. The molecule has 1 aromatic heterocycles. The number of anilines is 2. The lowest BCUT2D eigenvalue weighted by atomic mass is 10.2. The topological polar surface area (TPSA) is 80.7 Å². The second-order valence-corrected chi connectivity index (χ2v) is 10.9. The van der Waals surface area contributed by atoms with Gasteiger partial charge in [-0.15, -0.1) is 0 Å². The molecule has 7 nitrogen and oxygen atoms in total. The van der Waals surface area contributed by atoms with Crippen molar-refractivity contribution in [2.45, 2.75) is 39.0 Å². The molecular formula is C25H27Cl2N3O4S. The number of rotatable bonds is 8. The van der Waals surface area contributed by atoms with Crippen LogP contribution in [0.5, 0.6) is 0 Å². The Labute approximate surface area is 215 Å². The molecule has 186 valence electrons. The number of benzene rings is 2. The van der Waals surface area contributed by atoms with Crippen molar-refractivity contribution in [3.05, 3.63) is 70.3 Å². The summed E-state index contributed by atoms with van der Waals surface area (Å²) in [6.07, 6.45) is 5.91. The van der Waals surface area contributed by atoms with E-state index in [1.807, 2.05) is 54.3 Å². The van der Waals surface area contributed by atoms with Crippen LogP contribution in [0.1, 0.15) is 33.1 Å². The van der Waals surface area contributed by atoms with Crippen LogP contribution in [-0.2, 0) is 16.7 Å². The van der Waals surface area contributed by atoms with Crippen molar-refractivity contribution in [2.24, 2.45) is 0 Å². The van der Waals surface area contributed by atoms with Gasteiger partial charge in [0, 0.05) is 24.4 Å². The molecule has 35 heavy (non-hydrogen) atoms. The quantitative estimate of drug-likeness (QED) is 0.277. The van der Waals surface area contributed by atoms with Crippen molar-refractivity contribution in [3.8, 4) is 0 Å². The molecule has 2 heterocycles. The second kappa shape index (κ2) is 10.2. The van der Waals surface area contributed by atoms with E-state index in [4.69, 9.17) is 27.6 Å². The highest BCUT2D eigenvalue weighted by atomic mass is 35.5. The molecule has 1 aliphatic heterocycles. The van der Waals surface area contributed by atoms with Crippen molar-refractivity contribution >= 4 is 61.9 Å². The summed E-state index contributed by atoms with van der Waals surface area (Å²) < 4.78 is 42.6. The smallest absolute Gasteiger partial charge is 0.374 e. The van der Waals surface area contributed by atoms with Crippen LogP contribution < -0.4 is 14.4 Å². The van der Waals surface area contributed by atoms with Crippen LogP contribution in [0.3, 0.4) is 0 Å². The summed E-state index contributed by atoms with van der Waals surface area (Å²) in [6, 6.07) is 11.4. The molecule has 1 aliphatic rings. The van der Waals surface area contributed by atoms with E-state index < -0.39 is 15.4 Å². The van der Waals surface area contributed by atoms with E-state index in [-0.39, 0.29) is 6.42 Å². The number of hydrogen-bond acceptors (Lipinski definition) is 6. The maximum absolute atomic E-state index is 11.5. The minimum Gasteiger partial charge on any atom is -0.748 e. The Kier molecular flexibility index (Phi) is 7.47. The highest BCUT2D eigenvalue weighted by molar-refractivity contribution is 7.86. The highest BCUT2D eigenvalue weighted by Crippen LogP contribution is 2.45. The first-order valence-electron chi connectivity index (χ1n) is 11.4. The Morgan fingerprint density at radius 1 is 1.11 bits per heavy atom. The maximum atomic E-state index is 11.5. The number of nitrogens with zero attached hydrogens (tertiary/aromatic N) is 3. The highest BCUT2D eigenvalue weighted by Gasteiger charge is 2.31. The average molecular weight is 536 g/mol. The van der Waals surface area contributed by atoms with Crippen LogP contribution in [0, 0.1) is 0 Å². The number of para-hydroxylation sites is 2. The predicted octanol–water partition coefficient (Wildman–Crippen LogP) is 5.57. The van der Waals surface area contributed by atoms with Gasteiger partial charge in [0.2, 0.25) is 5.58 Å². The number of allylic oxidation sites excluding steroid dienone is 2. The minimum absolute atomic E-state index is 0.170. The molecule has 0 bridgehead atoms. The Hall–Kier alpha value is -2.52. The molecule has 0 aliphatic carbocycles. The largest absolute Gasteiger partial charge is 0.748 e. The number of oxazole rings is 1. The molecule has 0 amide bonds. The van der Waals surface area contributed by atoms with Gasteiger partial charge in [-0.25, -0.2) is 8.42 Å². The van der Waals surface area contributed by atoms with Gasteiger partial charge in [-0.1, -0.05) is 35.3 Å². The fraction of sp³-hybridized carbons (Fsp3) is 0.320. The van der Waals surface area contributed by atoms with Gasteiger partial charge in [-0.05, 0) is 57.5 Å². The third-order valence-corrected chi connectivity index (χ3v) is 8.10. The Bertz CT molecular complexity index is 1420. The van der Waals surface area contributed by atoms with Crippen LogP contribution >= 0.6 is 23.2 Å². The molecular weight excluding hydrogens is 509 g/mol. The molecule has 1 unspecified atom stereocenters. The fourth-order valence-electron chi connectivity index (χ4n) is 4.27. The zero-order valence-electron chi connectivity index (χ0n) is 19.7. The molecule has 3 aromatic rings. The molecule has 1 atom stereocenters. The molecule has 0 fully saturated rings. The Morgan fingerprint density at radius 2 is 1.77 bits per heavy atom. The van der Waals surface area contributed by atoms with Crippen molar-refractivity contribution in [3.63, 3.8) is 0 Å². The molecule has 0 radical (unpaired) electrons. The lowest BCUT2D eigenvalue weighted by Crippen LogP contribution is -2.33. The summed E-state index contributed by atoms with van der Waals surface area (Å²) in [6.45, 7) is 7.23. The number of aromatic nitrogens is 1. The van der Waals surface area contributed by atoms with Gasteiger partial charge >= 0.3 is 5.89 Å². The number of aryl methyl sites for hydroxylation is 1. The summed E-state index contributed by atoms with van der Waals surface area (Å²) in [4.78, 5) is 4.05.